The highest BCUT2D eigenvalue weighted by Gasteiger charge is 2.17. The van der Waals surface area contributed by atoms with Crippen molar-refractivity contribution < 1.29 is 0 Å². The predicted molar refractivity (Wildman–Crippen MR) is 84.5 cm³/mol. The Kier molecular flexibility index (Phi) is 4.01. The molecule has 2 aromatic heterocycles. The molecule has 1 aliphatic rings. The molecule has 0 aromatic carbocycles. The van der Waals surface area contributed by atoms with Gasteiger partial charge in [0.1, 0.15) is 10.7 Å². The molecule has 0 N–H and O–H groups in total. The van der Waals surface area contributed by atoms with Crippen molar-refractivity contribution in [3.05, 3.63) is 23.0 Å². The molecule has 6 nitrogen and oxygen atoms in total. The van der Waals surface area contributed by atoms with Gasteiger partial charge in [0, 0.05) is 19.1 Å². The fourth-order valence-corrected chi connectivity index (χ4v) is 3.12. The predicted octanol–water partition coefficient (Wildman–Crippen LogP) is 2.70. The van der Waals surface area contributed by atoms with Crippen LogP contribution in [0.5, 0.6) is 0 Å². The van der Waals surface area contributed by atoms with Gasteiger partial charge in [-0.25, -0.2) is 4.68 Å². The Labute approximate surface area is 128 Å². The molecule has 0 fully saturated rings. The SMILES string of the molecule is Cc1nnc(N2CCC=C(c3cn(C(C)C)nn3)CC2)s1. The van der Waals surface area contributed by atoms with E-state index < -0.39 is 0 Å². The Balaban J connectivity index is 1.71. The molecule has 1 aliphatic heterocycles. The molecule has 0 amide bonds. The largest absolute Gasteiger partial charge is 0.346 e. The fourth-order valence-electron chi connectivity index (χ4n) is 2.38. The molecule has 21 heavy (non-hydrogen) atoms. The van der Waals surface area contributed by atoms with E-state index >= 15 is 0 Å². The minimum absolute atomic E-state index is 0.346. The number of aromatic nitrogens is 5. The van der Waals surface area contributed by atoms with Crippen molar-refractivity contribution in [2.45, 2.75) is 39.7 Å². The summed E-state index contributed by atoms with van der Waals surface area (Å²) in [4.78, 5) is 2.31. The minimum atomic E-state index is 0.346. The highest BCUT2D eigenvalue weighted by molar-refractivity contribution is 7.15. The molecular weight excluding hydrogens is 284 g/mol. The lowest BCUT2D eigenvalue weighted by atomic mass is 10.1. The summed E-state index contributed by atoms with van der Waals surface area (Å²) in [6.45, 7) is 8.15. The molecule has 0 radical (unpaired) electrons. The Bertz CT molecular complexity index is 641. The Hall–Kier alpha value is -1.76. The third-order valence-corrected chi connectivity index (χ3v) is 4.49. The molecule has 0 saturated carbocycles. The van der Waals surface area contributed by atoms with Crippen molar-refractivity contribution in [2.24, 2.45) is 0 Å². The third-order valence-electron chi connectivity index (χ3n) is 3.60. The molecule has 0 unspecified atom stereocenters. The lowest BCUT2D eigenvalue weighted by Gasteiger charge is -2.18. The van der Waals surface area contributed by atoms with Gasteiger partial charge in [-0.2, -0.15) is 0 Å². The molecule has 0 spiro atoms. The van der Waals surface area contributed by atoms with E-state index in [0.717, 1.165) is 41.8 Å². The van der Waals surface area contributed by atoms with Gasteiger partial charge in [0.2, 0.25) is 5.13 Å². The number of anilines is 1. The standard InChI is InChI=1S/C14H20N6S/c1-10(2)20-9-13(16-18-20)12-5-4-7-19(8-6-12)14-17-15-11(3)21-14/h5,9-10H,4,6-8H2,1-3H3. The molecule has 0 aliphatic carbocycles. The van der Waals surface area contributed by atoms with Crippen LogP contribution in [0.2, 0.25) is 0 Å². The van der Waals surface area contributed by atoms with Gasteiger partial charge < -0.3 is 4.90 Å². The van der Waals surface area contributed by atoms with E-state index in [1.165, 1.54) is 5.57 Å². The summed E-state index contributed by atoms with van der Waals surface area (Å²) in [5.74, 6) is 0. The van der Waals surface area contributed by atoms with Crippen molar-refractivity contribution in [1.29, 1.82) is 0 Å². The Morgan fingerprint density at radius 2 is 2.05 bits per heavy atom. The Morgan fingerprint density at radius 3 is 2.71 bits per heavy atom. The minimum Gasteiger partial charge on any atom is -0.346 e. The van der Waals surface area contributed by atoms with Crippen LogP contribution in [0.15, 0.2) is 12.3 Å². The van der Waals surface area contributed by atoms with E-state index in [9.17, 15) is 0 Å². The van der Waals surface area contributed by atoms with Crippen LogP contribution in [-0.2, 0) is 0 Å². The normalized spacial score (nSPS) is 16.2. The van der Waals surface area contributed by atoms with Gasteiger partial charge in [0.15, 0.2) is 0 Å². The fraction of sp³-hybridized carbons (Fsp3) is 0.571. The van der Waals surface area contributed by atoms with Gasteiger partial charge in [-0.1, -0.05) is 22.6 Å². The van der Waals surface area contributed by atoms with Crippen LogP contribution in [0, 0.1) is 6.92 Å². The summed E-state index contributed by atoms with van der Waals surface area (Å²) in [5, 5.41) is 18.9. The van der Waals surface area contributed by atoms with Gasteiger partial charge in [-0.3, -0.25) is 0 Å². The number of hydrogen-bond donors (Lipinski definition) is 0. The molecule has 3 heterocycles. The summed E-state index contributed by atoms with van der Waals surface area (Å²) in [6, 6.07) is 0.346. The van der Waals surface area contributed by atoms with E-state index in [-0.39, 0.29) is 0 Å². The summed E-state index contributed by atoms with van der Waals surface area (Å²) in [7, 11) is 0. The average Bonchev–Trinajstić information content (AvgIpc) is 3.03. The van der Waals surface area contributed by atoms with Gasteiger partial charge in [-0.05, 0) is 39.2 Å². The maximum atomic E-state index is 4.31. The number of nitrogens with zero attached hydrogens (tertiary/aromatic N) is 6. The van der Waals surface area contributed by atoms with Gasteiger partial charge in [0.05, 0.1) is 6.20 Å². The lowest BCUT2D eigenvalue weighted by molar-refractivity contribution is 0.514. The summed E-state index contributed by atoms with van der Waals surface area (Å²) in [6.07, 6.45) is 6.29. The number of hydrogen-bond acceptors (Lipinski definition) is 6. The van der Waals surface area contributed by atoms with E-state index in [1.54, 1.807) is 11.3 Å². The quantitative estimate of drug-likeness (QED) is 0.872. The van der Waals surface area contributed by atoms with Gasteiger partial charge >= 0.3 is 0 Å². The van der Waals surface area contributed by atoms with Crippen LogP contribution in [0.4, 0.5) is 5.13 Å². The second-order valence-electron chi connectivity index (χ2n) is 5.54. The second-order valence-corrected chi connectivity index (χ2v) is 6.70. The molecule has 0 bridgehead atoms. The molecule has 2 aromatic rings. The number of aryl methyl sites for hydroxylation is 1. The molecule has 112 valence electrons. The first-order valence-corrected chi connectivity index (χ1v) is 8.11. The van der Waals surface area contributed by atoms with Crippen LogP contribution in [0.3, 0.4) is 0 Å². The van der Waals surface area contributed by atoms with Crippen LogP contribution in [-0.4, -0.2) is 38.3 Å². The molecule has 3 rings (SSSR count). The molecule has 7 heteroatoms. The van der Waals surface area contributed by atoms with Crippen molar-refractivity contribution in [2.75, 3.05) is 18.0 Å². The monoisotopic (exact) mass is 304 g/mol. The zero-order valence-electron chi connectivity index (χ0n) is 12.7. The molecule has 0 atom stereocenters. The summed E-state index contributed by atoms with van der Waals surface area (Å²) >= 11 is 1.66. The Morgan fingerprint density at radius 1 is 1.19 bits per heavy atom. The zero-order valence-corrected chi connectivity index (χ0v) is 13.5. The van der Waals surface area contributed by atoms with Crippen molar-refractivity contribution in [3.63, 3.8) is 0 Å². The molecule has 0 saturated heterocycles. The van der Waals surface area contributed by atoms with Crippen molar-refractivity contribution in [1.82, 2.24) is 25.2 Å². The first-order chi connectivity index (χ1) is 10.1. The highest BCUT2D eigenvalue weighted by atomic mass is 32.1. The van der Waals surface area contributed by atoms with Crippen LogP contribution in [0.25, 0.3) is 5.57 Å². The lowest BCUT2D eigenvalue weighted by Crippen LogP contribution is -2.24. The summed E-state index contributed by atoms with van der Waals surface area (Å²) < 4.78 is 1.91. The first kappa shape index (κ1) is 14.2. The second kappa shape index (κ2) is 5.93. The van der Waals surface area contributed by atoms with Gasteiger partial charge in [-0.15, -0.1) is 15.3 Å². The van der Waals surface area contributed by atoms with Crippen molar-refractivity contribution in [3.8, 4) is 0 Å². The van der Waals surface area contributed by atoms with E-state index in [4.69, 9.17) is 0 Å². The van der Waals surface area contributed by atoms with E-state index in [1.807, 2.05) is 17.8 Å². The van der Waals surface area contributed by atoms with Gasteiger partial charge in [0.25, 0.3) is 0 Å². The highest BCUT2D eigenvalue weighted by Crippen LogP contribution is 2.26. The van der Waals surface area contributed by atoms with E-state index in [0.29, 0.717) is 6.04 Å². The smallest absolute Gasteiger partial charge is 0.208 e. The number of rotatable bonds is 3. The van der Waals surface area contributed by atoms with Crippen LogP contribution in [0.1, 0.15) is 43.4 Å². The molecular formula is C14H20N6S. The third kappa shape index (κ3) is 3.12. The topological polar surface area (TPSA) is 59.7 Å². The summed E-state index contributed by atoms with van der Waals surface area (Å²) in [5.41, 5.74) is 2.28. The van der Waals surface area contributed by atoms with Crippen molar-refractivity contribution >= 4 is 22.0 Å². The first-order valence-electron chi connectivity index (χ1n) is 7.30. The average molecular weight is 304 g/mol. The van der Waals surface area contributed by atoms with E-state index in [2.05, 4.69) is 45.3 Å². The van der Waals surface area contributed by atoms with Crippen LogP contribution >= 0.6 is 11.3 Å². The maximum Gasteiger partial charge on any atom is 0.208 e. The maximum absolute atomic E-state index is 4.31. The van der Waals surface area contributed by atoms with Crippen LogP contribution < -0.4 is 4.90 Å². The zero-order chi connectivity index (χ0) is 14.8.